The molecule has 20 heavy (non-hydrogen) atoms. The number of nitrogens with zero attached hydrogens (tertiary/aromatic N) is 2. The van der Waals surface area contributed by atoms with Gasteiger partial charge in [0.25, 0.3) is 0 Å². The fourth-order valence-electron chi connectivity index (χ4n) is 1.88. The summed E-state index contributed by atoms with van der Waals surface area (Å²) in [5, 5.41) is 0.775. The van der Waals surface area contributed by atoms with Gasteiger partial charge in [-0.25, -0.2) is 4.98 Å². The van der Waals surface area contributed by atoms with Gasteiger partial charge < -0.3 is 4.57 Å². The number of aromatic nitrogens is 2. The summed E-state index contributed by atoms with van der Waals surface area (Å²) >= 11 is 18.1. The van der Waals surface area contributed by atoms with E-state index >= 15 is 0 Å². The molecule has 0 radical (unpaired) electrons. The molecule has 2 aromatic rings. The van der Waals surface area contributed by atoms with Crippen molar-refractivity contribution in [3.8, 4) is 0 Å². The summed E-state index contributed by atoms with van der Waals surface area (Å²) in [6.45, 7) is 2.04. The lowest BCUT2D eigenvalue weighted by atomic mass is 10.3. The first-order valence-corrected chi connectivity index (χ1v) is 8.41. The largest absolute Gasteiger partial charge is 0.322 e. The summed E-state index contributed by atoms with van der Waals surface area (Å²) in [5.74, 6) is 0. The van der Waals surface area contributed by atoms with Gasteiger partial charge in [-0.15, -0.1) is 0 Å². The second kappa shape index (κ2) is 6.94. The van der Waals surface area contributed by atoms with Gasteiger partial charge >= 0.3 is 0 Å². The molecule has 0 bridgehead atoms. The van der Waals surface area contributed by atoms with Crippen LogP contribution < -0.4 is 0 Å². The van der Waals surface area contributed by atoms with Crippen LogP contribution in [0.15, 0.2) is 35.7 Å². The second-order valence-corrected chi connectivity index (χ2v) is 7.05. The van der Waals surface area contributed by atoms with E-state index in [4.69, 9.17) is 34.8 Å². The smallest absolute Gasteiger partial charge is 0.115 e. The van der Waals surface area contributed by atoms with Crippen molar-refractivity contribution in [2.45, 2.75) is 30.0 Å². The minimum atomic E-state index is -1.36. The maximum Gasteiger partial charge on any atom is 0.115 e. The average molecular weight is 352 g/mol. The standard InChI is InChI=1S/C13H13Cl3N2OS/c1-2-3-12(18-5-4-17-8-18)20(19)11-7-9(14)6-10(15)13(11)16/h4-8,12H,2-3H2,1H3. The highest BCUT2D eigenvalue weighted by Gasteiger charge is 2.23. The van der Waals surface area contributed by atoms with Crippen LogP contribution in [0.25, 0.3) is 0 Å². The van der Waals surface area contributed by atoms with Crippen molar-refractivity contribution in [1.82, 2.24) is 9.55 Å². The van der Waals surface area contributed by atoms with E-state index in [0.717, 1.165) is 12.8 Å². The Morgan fingerprint density at radius 2 is 2.10 bits per heavy atom. The number of imidazole rings is 1. The summed E-state index contributed by atoms with van der Waals surface area (Å²) in [7, 11) is -1.36. The molecule has 2 rings (SSSR count). The monoisotopic (exact) mass is 350 g/mol. The van der Waals surface area contributed by atoms with E-state index in [9.17, 15) is 4.21 Å². The highest BCUT2D eigenvalue weighted by Crippen LogP contribution is 2.35. The lowest BCUT2D eigenvalue weighted by Gasteiger charge is -2.18. The van der Waals surface area contributed by atoms with E-state index in [1.807, 2.05) is 11.5 Å². The van der Waals surface area contributed by atoms with Gasteiger partial charge in [-0.2, -0.15) is 0 Å². The van der Waals surface area contributed by atoms with Crippen LogP contribution in [-0.2, 0) is 10.8 Å². The Morgan fingerprint density at radius 3 is 2.70 bits per heavy atom. The van der Waals surface area contributed by atoms with Gasteiger partial charge in [-0.05, 0) is 18.6 Å². The van der Waals surface area contributed by atoms with Crippen molar-refractivity contribution in [2.24, 2.45) is 0 Å². The highest BCUT2D eigenvalue weighted by atomic mass is 35.5. The first-order valence-electron chi connectivity index (χ1n) is 6.07. The normalized spacial score (nSPS) is 14.2. The zero-order valence-electron chi connectivity index (χ0n) is 10.7. The Kier molecular flexibility index (Phi) is 5.49. The maximum atomic E-state index is 12.8. The number of halogens is 3. The van der Waals surface area contributed by atoms with Gasteiger partial charge in [0, 0.05) is 17.4 Å². The lowest BCUT2D eigenvalue weighted by molar-refractivity contribution is 0.577. The average Bonchev–Trinajstić information content (AvgIpc) is 2.93. The van der Waals surface area contributed by atoms with Crippen LogP contribution in [0, 0.1) is 0 Å². The van der Waals surface area contributed by atoms with E-state index in [-0.39, 0.29) is 10.4 Å². The molecule has 0 aliphatic carbocycles. The number of hydrogen-bond acceptors (Lipinski definition) is 2. The van der Waals surface area contributed by atoms with Crippen LogP contribution in [0.3, 0.4) is 0 Å². The van der Waals surface area contributed by atoms with E-state index in [2.05, 4.69) is 4.98 Å². The number of benzene rings is 1. The lowest BCUT2D eigenvalue weighted by Crippen LogP contribution is -2.14. The molecule has 0 fully saturated rings. The Balaban J connectivity index is 2.43. The molecule has 2 unspecified atom stereocenters. The van der Waals surface area contributed by atoms with Crippen LogP contribution in [-0.4, -0.2) is 13.8 Å². The van der Waals surface area contributed by atoms with Crippen molar-refractivity contribution in [2.75, 3.05) is 0 Å². The third-order valence-electron chi connectivity index (χ3n) is 2.82. The molecule has 1 aromatic carbocycles. The molecule has 0 aliphatic heterocycles. The molecule has 1 aromatic heterocycles. The molecule has 108 valence electrons. The quantitative estimate of drug-likeness (QED) is 0.714. The van der Waals surface area contributed by atoms with E-state index in [1.54, 1.807) is 24.8 Å². The summed E-state index contributed by atoms with van der Waals surface area (Å²) in [6, 6.07) is 3.14. The summed E-state index contributed by atoms with van der Waals surface area (Å²) in [5.41, 5.74) is 0. The minimum absolute atomic E-state index is 0.241. The molecule has 3 nitrogen and oxygen atoms in total. The fraction of sp³-hybridized carbons (Fsp3) is 0.308. The van der Waals surface area contributed by atoms with Crippen LogP contribution in [0.5, 0.6) is 0 Å². The van der Waals surface area contributed by atoms with E-state index in [1.165, 1.54) is 6.07 Å². The second-order valence-electron chi connectivity index (χ2n) is 4.25. The van der Waals surface area contributed by atoms with Crippen LogP contribution in [0.2, 0.25) is 15.1 Å². The molecule has 0 saturated heterocycles. The predicted octanol–water partition coefficient (Wildman–Crippen LogP) is 4.95. The Hall–Kier alpha value is -0.550. The van der Waals surface area contributed by atoms with Crippen molar-refractivity contribution in [1.29, 1.82) is 0 Å². The highest BCUT2D eigenvalue weighted by molar-refractivity contribution is 7.85. The first-order chi connectivity index (χ1) is 9.54. The summed E-state index contributed by atoms with van der Waals surface area (Å²) < 4.78 is 14.6. The molecular formula is C13H13Cl3N2OS. The molecule has 0 aliphatic rings. The maximum absolute atomic E-state index is 12.8. The predicted molar refractivity (Wildman–Crippen MR) is 84.1 cm³/mol. The van der Waals surface area contributed by atoms with E-state index < -0.39 is 10.8 Å². The van der Waals surface area contributed by atoms with Crippen molar-refractivity contribution in [3.63, 3.8) is 0 Å². The van der Waals surface area contributed by atoms with Gasteiger partial charge in [0.2, 0.25) is 0 Å². The molecule has 1 heterocycles. The number of hydrogen-bond donors (Lipinski definition) is 0. The van der Waals surface area contributed by atoms with Crippen molar-refractivity contribution in [3.05, 3.63) is 45.9 Å². The zero-order chi connectivity index (χ0) is 14.7. The molecule has 0 spiro atoms. The van der Waals surface area contributed by atoms with Crippen molar-refractivity contribution < 1.29 is 4.21 Å². The van der Waals surface area contributed by atoms with Crippen molar-refractivity contribution >= 4 is 45.6 Å². The summed E-state index contributed by atoms with van der Waals surface area (Å²) in [4.78, 5) is 4.46. The zero-order valence-corrected chi connectivity index (χ0v) is 13.8. The molecule has 0 amide bonds. The molecule has 0 saturated carbocycles. The molecule has 2 atom stereocenters. The SMILES string of the molecule is CCCC(n1ccnc1)S(=O)c1cc(Cl)cc(Cl)c1Cl. The van der Waals surface area contributed by atoms with Crippen LogP contribution >= 0.6 is 34.8 Å². The van der Waals surface area contributed by atoms with E-state index in [0.29, 0.717) is 14.9 Å². The van der Waals surface area contributed by atoms with Gasteiger partial charge in [-0.3, -0.25) is 4.21 Å². The Morgan fingerprint density at radius 1 is 1.35 bits per heavy atom. The molecule has 7 heteroatoms. The molecule has 0 N–H and O–H groups in total. The topological polar surface area (TPSA) is 34.9 Å². The third kappa shape index (κ3) is 3.37. The third-order valence-corrected chi connectivity index (χ3v) is 5.68. The fourth-order valence-corrected chi connectivity index (χ4v) is 4.45. The summed E-state index contributed by atoms with van der Waals surface area (Å²) in [6.07, 6.45) is 6.73. The van der Waals surface area contributed by atoms with Gasteiger partial charge in [-0.1, -0.05) is 48.1 Å². The minimum Gasteiger partial charge on any atom is -0.322 e. The Labute approximate surface area is 135 Å². The van der Waals surface area contributed by atoms with Crippen LogP contribution in [0.4, 0.5) is 0 Å². The first kappa shape index (κ1) is 15.8. The van der Waals surface area contributed by atoms with Gasteiger partial charge in [0.05, 0.1) is 32.1 Å². The van der Waals surface area contributed by atoms with Gasteiger partial charge in [0.15, 0.2) is 0 Å². The number of rotatable bonds is 5. The molecular weight excluding hydrogens is 339 g/mol. The van der Waals surface area contributed by atoms with Crippen LogP contribution in [0.1, 0.15) is 25.1 Å². The Bertz CT molecular complexity index is 616. The van der Waals surface area contributed by atoms with Gasteiger partial charge in [0.1, 0.15) is 5.37 Å².